The molecule has 0 aliphatic carbocycles. The summed E-state index contributed by atoms with van der Waals surface area (Å²) in [7, 11) is 1.64. The van der Waals surface area contributed by atoms with Crippen molar-refractivity contribution in [3.05, 3.63) is 35.6 Å². The highest BCUT2D eigenvalue weighted by Crippen LogP contribution is 2.28. The molecule has 1 aromatic carbocycles. The van der Waals surface area contributed by atoms with E-state index in [2.05, 4.69) is 0 Å². The topological polar surface area (TPSA) is 55.5 Å². The minimum Gasteiger partial charge on any atom is -0.395 e. The number of hydrogen-bond acceptors (Lipinski definition) is 3. The third-order valence-electron chi connectivity index (χ3n) is 3.15. The molecular formula is C13H20FNO2. The number of hydrogen-bond donors (Lipinski definition) is 2. The van der Waals surface area contributed by atoms with Gasteiger partial charge in [-0.3, -0.25) is 0 Å². The minimum atomic E-state index is -0.494. The van der Waals surface area contributed by atoms with Crippen LogP contribution in [0, 0.1) is 5.82 Å². The number of nitrogens with two attached hydrogens (primary N) is 1. The molecule has 0 saturated carbocycles. The molecule has 0 heterocycles. The van der Waals surface area contributed by atoms with E-state index < -0.39 is 5.41 Å². The molecule has 3 N–H and O–H groups in total. The molecule has 3 nitrogen and oxygen atoms in total. The molecule has 0 bridgehead atoms. The fourth-order valence-corrected chi connectivity index (χ4v) is 1.96. The van der Waals surface area contributed by atoms with E-state index in [9.17, 15) is 9.50 Å². The van der Waals surface area contributed by atoms with Gasteiger partial charge in [0.1, 0.15) is 5.82 Å². The van der Waals surface area contributed by atoms with Gasteiger partial charge in [-0.25, -0.2) is 4.39 Å². The molecule has 0 spiro atoms. The van der Waals surface area contributed by atoms with Crippen LogP contribution in [-0.2, 0) is 10.2 Å². The Kier molecular flexibility index (Phi) is 5.55. The second-order valence-corrected chi connectivity index (χ2v) is 4.25. The van der Waals surface area contributed by atoms with Crippen molar-refractivity contribution in [1.29, 1.82) is 0 Å². The Morgan fingerprint density at radius 1 is 1.35 bits per heavy atom. The summed E-state index contributed by atoms with van der Waals surface area (Å²) in [4.78, 5) is 0. The lowest BCUT2D eigenvalue weighted by atomic mass is 9.77. The van der Waals surface area contributed by atoms with Crippen LogP contribution in [0.4, 0.5) is 4.39 Å². The number of benzene rings is 1. The number of ether oxygens (including phenoxy) is 1. The summed E-state index contributed by atoms with van der Waals surface area (Å²) in [5.74, 6) is -0.283. The summed E-state index contributed by atoms with van der Waals surface area (Å²) in [5, 5.41) is 9.58. The van der Waals surface area contributed by atoms with E-state index in [1.807, 2.05) is 0 Å². The van der Waals surface area contributed by atoms with Gasteiger partial charge < -0.3 is 15.6 Å². The quantitative estimate of drug-likeness (QED) is 0.710. The van der Waals surface area contributed by atoms with Crippen LogP contribution >= 0.6 is 0 Å². The largest absolute Gasteiger partial charge is 0.395 e. The van der Waals surface area contributed by atoms with Gasteiger partial charge in [-0.15, -0.1) is 0 Å². The molecule has 0 aliphatic heterocycles. The number of aliphatic hydroxyl groups excluding tert-OH is 1. The predicted octanol–water partition coefficient (Wildman–Crippen LogP) is 1.44. The number of rotatable bonds is 7. The van der Waals surface area contributed by atoms with Crippen molar-refractivity contribution in [3.63, 3.8) is 0 Å². The van der Waals surface area contributed by atoms with E-state index in [1.54, 1.807) is 19.2 Å². The van der Waals surface area contributed by atoms with Gasteiger partial charge in [0.2, 0.25) is 0 Å². The van der Waals surface area contributed by atoms with Crippen molar-refractivity contribution in [1.82, 2.24) is 0 Å². The zero-order chi connectivity index (χ0) is 12.7. The zero-order valence-electron chi connectivity index (χ0n) is 10.2. The summed E-state index contributed by atoms with van der Waals surface area (Å²) in [6.45, 7) is 0.917. The van der Waals surface area contributed by atoms with Crippen LogP contribution in [0.15, 0.2) is 24.3 Å². The second-order valence-electron chi connectivity index (χ2n) is 4.25. The van der Waals surface area contributed by atoms with E-state index in [0.29, 0.717) is 13.2 Å². The highest BCUT2D eigenvalue weighted by atomic mass is 19.1. The van der Waals surface area contributed by atoms with Gasteiger partial charge in [-0.1, -0.05) is 12.1 Å². The zero-order valence-corrected chi connectivity index (χ0v) is 10.2. The van der Waals surface area contributed by atoms with Crippen LogP contribution in [0.5, 0.6) is 0 Å². The number of halogens is 1. The van der Waals surface area contributed by atoms with Crippen LogP contribution in [0.25, 0.3) is 0 Å². The Morgan fingerprint density at radius 3 is 2.47 bits per heavy atom. The lowest BCUT2D eigenvalue weighted by Crippen LogP contribution is -2.39. The number of aliphatic hydroxyl groups is 1. The van der Waals surface area contributed by atoms with Gasteiger partial charge >= 0.3 is 0 Å². The van der Waals surface area contributed by atoms with Gasteiger partial charge in [-0.05, 0) is 30.5 Å². The molecule has 0 aliphatic rings. The maximum Gasteiger partial charge on any atom is 0.123 e. The first-order valence-electron chi connectivity index (χ1n) is 5.74. The first-order valence-corrected chi connectivity index (χ1v) is 5.74. The Balaban J connectivity index is 2.85. The van der Waals surface area contributed by atoms with Crippen molar-refractivity contribution in [2.75, 3.05) is 26.9 Å². The van der Waals surface area contributed by atoms with Crippen molar-refractivity contribution in [2.24, 2.45) is 5.73 Å². The highest BCUT2D eigenvalue weighted by molar-refractivity contribution is 5.26. The van der Waals surface area contributed by atoms with Crippen LogP contribution in [0.1, 0.15) is 18.4 Å². The summed E-state index contributed by atoms with van der Waals surface area (Å²) < 4.78 is 17.9. The lowest BCUT2D eigenvalue weighted by Gasteiger charge is -2.31. The normalized spacial score (nSPS) is 14.6. The average Bonchev–Trinajstić information content (AvgIpc) is 2.37. The van der Waals surface area contributed by atoms with Crippen LogP contribution < -0.4 is 5.73 Å². The van der Waals surface area contributed by atoms with Crippen LogP contribution in [-0.4, -0.2) is 32.0 Å². The smallest absolute Gasteiger partial charge is 0.123 e. The summed E-state index contributed by atoms with van der Waals surface area (Å²) in [6, 6.07) is 6.16. The molecule has 0 radical (unpaired) electrons. The predicted molar refractivity (Wildman–Crippen MR) is 65.3 cm³/mol. The molecule has 0 saturated heterocycles. The summed E-state index contributed by atoms with van der Waals surface area (Å²) in [6.07, 6.45) is 1.53. The molecule has 4 heteroatoms. The fraction of sp³-hybridized carbons (Fsp3) is 0.538. The molecule has 0 aromatic heterocycles. The monoisotopic (exact) mass is 241 g/mol. The molecule has 1 aromatic rings. The first-order chi connectivity index (χ1) is 8.18. The maximum atomic E-state index is 12.9. The van der Waals surface area contributed by atoms with Gasteiger partial charge in [0, 0.05) is 25.7 Å². The fourth-order valence-electron chi connectivity index (χ4n) is 1.96. The standard InChI is InChI=1S/C13H20FNO2/c1-17-8-2-7-13(9-15,10-16)11-3-5-12(14)6-4-11/h3-6,16H,2,7-10,15H2,1H3. The summed E-state index contributed by atoms with van der Waals surface area (Å²) >= 11 is 0. The Labute approximate surface area is 101 Å². The molecule has 96 valence electrons. The summed E-state index contributed by atoms with van der Waals surface area (Å²) in [5.41, 5.74) is 6.16. The van der Waals surface area contributed by atoms with Crippen molar-refractivity contribution >= 4 is 0 Å². The molecular weight excluding hydrogens is 221 g/mol. The molecule has 17 heavy (non-hydrogen) atoms. The molecule has 1 unspecified atom stereocenters. The van der Waals surface area contributed by atoms with Gasteiger partial charge in [0.05, 0.1) is 6.61 Å². The first kappa shape index (κ1) is 14.1. The average molecular weight is 241 g/mol. The van der Waals surface area contributed by atoms with E-state index >= 15 is 0 Å². The number of methoxy groups -OCH3 is 1. The molecule has 0 fully saturated rings. The van der Waals surface area contributed by atoms with E-state index in [0.717, 1.165) is 18.4 Å². The Bertz CT molecular complexity index is 323. The molecule has 1 atom stereocenters. The van der Waals surface area contributed by atoms with E-state index in [1.165, 1.54) is 12.1 Å². The lowest BCUT2D eigenvalue weighted by molar-refractivity contribution is 0.153. The third kappa shape index (κ3) is 3.49. The SMILES string of the molecule is COCCCC(CN)(CO)c1ccc(F)cc1. The van der Waals surface area contributed by atoms with Crippen molar-refractivity contribution in [3.8, 4) is 0 Å². The van der Waals surface area contributed by atoms with E-state index in [4.69, 9.17) is 10.5 Å². The van der Waals surface area contributed by atoms with Crippen LogP contribution in [0.3, 0.4) is 0 Å². The maximum absolute atomic E-state index is 12.9. The van der Waals surface area contributed by atoms with Crippen molar-refractivity contribution in [2.45, 2.75) is 18.3 Å². The highest BCUT2D eigenvalue weighted by Gasteiger charge is 2.29. The Morgan fingerprint density at radius 2 is 2.00 bits per heavy atom. The van der Waals surface area contributed by atoms with Crippen molar-refractivity contribution < 1.29 is 14.2 Å². The van der Waals surface area contributed by atoms with Gasteiger partial charge in [-0.2, -0.15) is 0 Å². The van der Waals surface area contributed by atoms with Gasteiger partial charge in [0.15, 0.2) is 0 Å². The third-order valence-corrected chi connectivity index (χ3v) is 3.15. The Hall–Kier alpha value is -0.970. The van der Waals surface area contributed by atoms with Gasteiger partial charge in [0.25, 0.3) is 0 Å². The van der Waals surface area contributed by atoms with E-state index in [-0.39, 0.29) is 12.4 Å². The molecule has 0 amide bonds. The second kappa shape index (κ2) is 6.69. The van der Waals surface area contributed by atoms with Crippen LogP contribution in [0.2, 0.25) is 0 Å². The minimum absolute atomic E-state index is 0.0428. The molecule has 1 rings (SSSR count).